The van der Waals surface area contributed by atoms with Crippen LogP contribution in [0.1, 0.15) is 45.0 Å². The molecule has 1 aromatic rings. The van der Waals surface area contributed by atoms with Gasteiger partial charge in [-0.15, -0.1) is 0 Å². The molecule has 0 amide bonds. The Hall–Kier alpha value is -1.82. The number of aromatic nitrogens is 1. The molecule has 0 saturated carbocycles. The number of carbonyl (C=O) groups excluding carboxylic acids is 1. The molecule has 1 fully saturated rings. The van der Waals surface area contributed by atoms with E-state index >= 15 is 0 Å². The lowest BCUT2D eigenvalue weighted by Crippen LogP contribution is -2.54. The van der Waals surface area contributed by atoms with Crippen LogP contribution in [0.4, 0.5) is 5.69 Å². The topological polar surface area (TPSA) is 63.7 Å². The number of nitrogens with zero attached hydrogens (tertiary/aromatic N) is 2. The Bertz CT molecular complexity index is 559. The molecule has 0 aliphatic carbocycles. The van der Waals surface area contributed by atoms with Crippen LogP contribution in [-0.4, -0.2) is 48.8 Å². The van der Waals surface area contributed by atoms with Crippen LogP contribution < -0.4 is 15.0 Å². The molecule has 0 radical (unpaired) electrons. The van der Waals surface area contributed by atoms with Gasteiger partial charge in [-0.1, -0.05) is 0 Å². The van der Waals surface area contributed by atoms with Gasteiger partial charge in [0.15, 0.2) is 0 Å². The number of ether oxygens (including phenoxy) is 2. The summed E-state index contributed by atoms with van der Waals surface area (Å²) in [6, 6.07) is 2.57. The van der Waals surface area contributed by atoms with Gasteiger partial charge >= 0.3 is 5.97 Å². The molecule has 128 valence electrons. The number of esters is 1. The Balaban J connectivity index is 2.29. The minimum absolute atomic E-state index is 0.291. The second kappa shape index (κ2) is 6.74. The Morgan fingerprint density at radius 1 is 1.30 bits per heavy atom. The average molecular weight is 321 g/mol. The van der Waals surface area contributed by atoms with Crippen molar-refractivity contribution in [2.45, 2.75) is 52.3 Å². The van der Waals surface area contributed by atoms with Crippen molar-refractivity contribution in [1.82, 2.24) is 10.3 Å². The van der Waals surface area contributed by atoms with Gasteiger partial charge in [-0.2, -0.15) is 0 Å². The van der Waals surface area contributed by atoms with Crippen molar-refractivity contribution in [3.63, 3.8) is 0 Å². The van der Waals surface area contributed by atoms with Gasteiger partial charge in [-0.25, -0.2) is 9.78 Å². The van der Waals surface area contributed by atoms with Crippen molar-refractivity contribution in [2.24, 2.45) is 0 Å². The van der Waals surface area contributed by atoms with Crippen LogP contribution >= 0.6 is 0 Å². The molecule has 2 atom stereocenters. The summed E-state index contributed by atoms with van der Waals surface area (Å²) in [6.45, 7) is 11.6. The minimum atomic E-state index is -0.559. The first-order valence-corrected chi connectivity index (χ1v) is 7.98. The molecule has 2 rings (SSSR count). The fourth-order valence-electron chi connectivity index (χ4n) is 2.79. The fraction of sp³-hybridized carbons (Fsp3) is 0.647. The molecule has 0 unspecified atom stereocenters. The monoisotopic (exact) mass is 321 g/mol. The minimum Gasteiger partial charge on any atom is -0.480 e. The van der Waals surface area contributed by atoms with Crippen LogP contribution in [0.15, 0.2) is 12.3 Å². The summed E-state index contributed by atoms with van der Waals surface area (Å²) in [4.78, 5) is 18.9. The van der Waals surface area contributed by atoms with Gasteiger partial charge in [0.05, 0.1) is 19.0 Å². The first-order valence-electron chi connectivity index (χ1n) is 7.98. The zero-order chi connectivity index (χ0) is 17.2. The Labute approximate surface area is 138 Å². The van der Waals surface area contributed by atoms with Crippen molar-refractivity contribution >= 4 is 11.7 Å². The zero-order valence-corrected chi connectivity index (χ0v) is 14.8. The molecule has 1 saturated heterocycles. The lowest BCUT2D eigenvalue weighted by atomic mass is 10.1. The van der Waals surface area contributed by atoms with Gasteiger partial charge in [-0.05, 0) is 40.7 Å². The SMILES string of the molecule is COc1ncc(N2C[C@@H](C)N[C@@H](C)C2)cc1C(=O)OC(C)(C)C. The highest BCUT2D eigenvalue weighted by Gasteiger charge is 2.25. The summed E-state index contributed by atoms with van der Waals surface area (Å²) in [5.74, 6) is -0.126. The first kappa shape index (κ1) is 17.5. The van der Waals surface area contributed by atoms with Crippen LogP contribution in [-0.2, 0) is 4.74 Å². The van der Waals surface area contributed by atoms with Gasteiger partial charge in [0.1, 0.15) is 11.2 Å². The van der Waals surface area contributed by atoms with Gasteiger partial charge in [0.2, 0.25) is 5.88 Å². The first-order chi connectivity index (χ1) is 10.7. The summed E-state index contributed by atoms with van der Waals surface area (Å²) in [7, 11) is 1.50. The summed E-state index contributed by atoms with van der Waals surface area (Å²) in [5, 5.41) is 3.49. The third-order valence-corrected chi connectivity index (χ3v) is 3.57. The molecule has 1 aliphatic heterocycles. The standard InChI is InChI=1S/C17H27N3O3/c1-11-9-20(10-12(2)19-11)13-7-14(15(22-6)18-8-13)16(21)23-17(3,4)5/h7-8,11-12,19H,9-10H2,1-6H3/t11-,12+. The van der Waals surface area contributed by atoms with E-state index in [1.807, 2.05) is 26.8 Å². The maximum Gasteiger partial charge on any atom is 0.344 e. The number of piperazine rings is 1. The molecule has 0 bridgehead atoms. The van der Waals surface area contributed by atoms with E-state index in [4.69, 9.17) is 9.47 Å². The third-order valence-electron chi connectivity index (χ3n) is 3.57. The number of hydrogen-bond acceptors (Lipinski definition) is 6. The smallest absolute Gasteiger partial charge is 0.344 e. The molecule has 0 aromatic carbocycles. The molecular weight excluding hydrogens is 294 g/mol. The number of methoxy groups -OCH3 is 1. The van der Waals surface area contributed by atoms with Crippen molar-refractivity contribution in [3.8, 4) is 5.88 Å². The molecular formula is C17H27N3O3. The predicted molar refractivity (Wildman–Crippen MR) is 90.2 cm³/mol. The number of rotatable bonds is 3. The Morgan fingerprint density at radius 3 is 2.43 bits per heavy atom. The van der Waals surface area contributed by atoms with E-state index in [1.54, 1.807) is 6.20 Å². The Morgan fingerprint density at radius 2 is 1.91 bits per heavy atom. The number of pyridine rings is 1. The van der Waals surface area contributed by atoms with E-state index in [0.29, 0.717) is 23.5 Å². The summed E-state index contributed by atoms with van der Waals surface area (Å²) >= 11 is 0. The molecule has 1 aromatic heterocycles. The number of carbonyl (C=O) groups is 1. The normalized spacial score (nSPS) is 21.9. The van der Waals surface area contributed by atoms with E-state index < -0.39 is 11.6 Å². The van der Waals surface area contributed by atoms with E-state index in [9.17, 15) is 4.79 Å². The number of nitrogens with one attached hydrogen (secondary N) is 1. The van der Waals surface area contributed by atoms with Crippen molar-refractivity contribution in [2.75, 3.05) is 25.1 Å². The molecule has 1 aliphatic rings. The quantitative estimate of drug-likeness (QED) is 0.862. The largest absolute Gasteiger partial charge is 0.480 e. The van der Waals surface area contributed by atoms with Gasteiger partial charge in [-0.3, -0.25) is 0 Å². The molecule has 6 nitrogen and oxygen atoms in total. The molecule has 2 heterocycles. The van der Waals surface area contributed by atoms with Crippen LogP contribution in [0.5, 0.6) is 5.88 Å². The molecule has 1 N–H and O–H groups in total. The summed E-state index contributed by atoms with van der Waals surface area (Å²) in [5.41, 5.74) is 0.710. The van der Waals surface area contributed by atoms with E-state index in [1.165, 1.54) is 7.11 Å². The van der Waals surface area contributed by atoms with Gasteiger partial charge < -0.3 is 19.7 Å². The fourth-order valence-corrected chi connectivity index (χ4v) is 2.79. The van der Waals surface area contributed by atoms with Crippen molar-refractivity contribution in [3.05, 3.63) is 17.8 Å². The van der Waals surface area contributed by atoms with Crippen LogP contribution in [0.2, 0.25) is 0 Å². The highest BCUT2D eigenvalue weighted by Crippen LogP contribution is 2.25. The van der Waals surface area contributed by atoms with Gasteiger partial charge in [0.25, 0.3) is 0 Å². The second-order valence-corrected chi connectivity index (χ2v) is 7.13. The predicted octanol–water partition coefficient (Wildman–Crippen LogP) is 2.23. The van der Waals surface area contributed by atoms with E-state index in [2.05, 4.69) is 29.0 Å². The van der Waals surface area contributed by atoms with E-state index in [0.717, 1.165) is 18.8 Å². The second-order valence-electron chi connectivity index (χ2n) is 7.13. The number of anilines is 1. The molecule has 23 heavy (non-hydrogen) atoms. The third kappa shape index (κ3) is 4.58. The summed E-state index contributed by atoms with van der Waals surface area (Å²) < 4.78 is 10.7. The lowest BCUT2D eigenvalue weighted by molar-refractivity contribution is 0.00658. The zero-order valence-electron chi connectivity index (χ0n) is 14.8. The van der Waals surface area contributed by atoms with Crippen molar-refractivity contribution in [1.29, 1.82) is 0 Å². The maximum atomic E-state index is 12.4. The average Bonchev–Trinajstić information content (AvgIpc) is 2.43. The number of hydrogen-bond donors (Lipinski definition) is 1. The highest BCUT2D eigenvalue weighted by atomic mass is 16.6. The molecule has 0 spiro atoms. The van der Waals surface area contributed by atoms with Crippen LogP contribution in [0.25, 0.3) is 0 Å². The van der Waals surface area contributed by atoms with Crippen molar-refractivity contribution < 1.29 is 14.3 Å². The van der Waals surface area contributed by atoms with E-state index in [-0.39, 0.29) is 0 Å². The maximum absolute atomic E-state index is 12.4. The summed E-state index contributed by atoms with van der Waals surface area (Å²) in [6.07, 6.45) is 1.75. The highest BCUT2D eigenvalue weighted by molar-refractivity contribution is 5.93. The van der Waals surface area contributed by atoms with Crippen LogP contribution in [0, 0.1) is 0 Å². The lowest BCUT2D eigenvalue weighted by Gasteiger charge is -2.37. The van der Waals surface area contributed by atoms with Gasteiger partial charge in [0, 0.05) is 25.2 Å². The van der Waals surface area contributed by atoms with Crippen LogP contribution in [0.3, 0.4) is 0 Å². The Kier molecular flexibility index (Phi) is 5.14. The molecule has 6 heteroatoms.